The molecule has 0 radical (unpaired) electrons. The number of methoxy groups -OCH3 is 1. The van der Waals surface area contributed by atoms with Crippen molar-refractivity contribution in [3.63, 3.8) is 0 Å². The first kappa shape index (κ1) is 14.9. The van der Waals surface area contributed by atoms with Crippen molar-refractivity contribution in [2.24, 2.45) is 5.73 Å². The van der Waals surface area contributed by atoms with Crippen LogP contribution in [0.2, 0.25) is 0 Å². The van der Waals surface area contributed by atoms with Crippen LogP contribution in [-0.2, 0) is 4.74 Å². The van der Waals surface area contributed by atoms with Gasteiger partial charge in [-0.05, 0) is 12.1 Å². The Labute approximate surface area is 127 Å². The number of carbonyl (C=O) groups excluding carboxylic acids is 1. The van der Waals surface area contributed by atoms with Crippen molar-refractivity contribution in [3.8, 4) is 0 Å². The third-order valence-corrected chi connectivity index (χ3v) is 3.11. The lowest BCUT2D eigenvalue weighted by molar-refractivity contribution is 0.0593. The maximum atomic E-state index is 11.5. The summed E-state index contributed by atoms with van der Waals surface area (Å²) in [6.45, 7) is 0. The number of carbonyl (C=O) groups is 1. The molecule has 0 atom stereocenters. The van der Waals surface area contributed by atoms with Gasteiger partial charge in [0.25, 0.3) is 0 Å². The Morgan fingerprint density at radius 1 is 1.38 bits per heavy atom. The second-order valence-electron chi connectivity index (χ2n) is 4.23. The Bertz CT molecular complexity index is 690. The van der Waals surface area contributed by atoms with E-state index in [0.717, 1.165) is 11.3 Å². The average Bonchev–Trinajstić information content (AvgIpc) is 2.53. The van der Waals surface area contributed by atoms with Crippen LogP contribution in [0.5, 0.6) is 0 Å². The molecular weight excluding hydrogens is 288 g/mol. The molecule has 0 unspecified atom stereocenters. The molecule has 2 aromatic rings. The number of nitrogens with two attached hydrogens (primary N) is 1. The largest absolute Gasteiger partial charge is 0.464 e. The van der Waals surface area contributed by atoms with Gasteiger partial charge in [0, 0.05) is 18.3 Å². The first-order valence-corrected chi connectivity index (χ1v) is 6.47. The number of ether oxygens (including phenoxy) is 1. The minimum atomic E-state index is -0.533. The highest BCUT2D eigenvalue weighted by Gasteiger charge is 2.12. The van der Waals surface area contributed by atoms with Crippen molar-refractivity contribution in [1.82, 2.24) is 9.97 Å². The Kier molecular flexibility index (Phi) is 4.44. The summed E-state index contributed by atoms with van der Waals surface area (Å²) in [5.41, 5.74) is 7.36. The monoisotopic (exact) mass is 302 g/mol. The van der Waals surface area contributed by atoms with E-state index in [-0.39, 0.29) is 5.69 Å². The summed E-state index contributed by atoms with van der Waals surface area (Å²) in [4.78, 5) is 21.8. The van der Waals surface area contributed by atoms with Crippen LogP contribution >= 0.6 is 12.2 Å². The molecule has 0 saturated heterocycles. The SMILES string of the molecule is COC(=O)c1cncc(N(C)c2cccc(C(N)=S)c2)n1. The van der Waals surface area contributed by atoms with E-state index >= 15 is 0 Å². The van der Waals surface area contributed by atoms with E-state index in [1.165, 1.54) is 13.3 Å². The van der Waals surface area contributed by atoms with Crippen molar-refractivity contribution in [2.75, 3.05) is 19.1 Å². The summed E-state index contributed by atoms with van der Waals surface area (Å²) in [5, 5.41) is 0. The van der Waals surface area contributed by atoms with Crippen LogP contribution in [0.15, 0.2) is 36.7 Å². The zero-order valence-electron chi connectivity index (χ0n) is 11.6. The van der Waals surface area contributed by atoms with Gasteiger partial charge in [-0.15, -0.1) is 0 Å². The van der Waals surface area contributed by atoms with Crippen molar-refractivity contribution in [3.05, 3.63) is 47.9 Å². The maximum Gasteiger partial charge on any atom is 0.358 e. The third kappa shape index (κ3) is 3.32. The molecular formula is C14H14N4O2S. The fraction of sp³-hybridized carbons (Fsp3) is 0.143. The molecule has 7 heteroatoms. The fourth-order valence-corrected chi connectivity index (χ4v) is 1.85. The fourth-order valence-electron chi connectivity index (χ4n) is 1.72. The van der Waals surface area contributed by atoms with E-state index in [1.807, 2.05) is 31.3 Å². The van der Waals surface area contributed by atoms with Gasteiger partial charge in [-0.3, -0.25) is 4.98 Å². The van der Waals surface area contributed by atoms with Gasteiger partial charge in [-0.2, -0.15) is 0 Å². The Morgan fingerprint density at radius 3 is 2.81 bits per heavy atom. The van der Waals surface area contributed by atoms with E-state index in [4.69, 9.17) is 18.0 Å². The minimum Gasteiger partial charge on any atom is -0.464 e. The lowest BCUT2D eigenvalue weighted by atomic mass is 10.2. The number of aromatic nitrogens is 2. The highest BCUT2D eigenvalue weighted by Crippen LogP contribution is 2.22. The summed E-state index contributed by atoms with van der Waals surface area (Å²) in [5.74, 6) is -0.0207. The predicted molar refractivity (Wildman–Crippen MR) is 83.8 cm³/mol. The zero-order valence-corrected chi connectivity index (χ0v) is 12.4. The quantitative estimate of drug-likeness (QED) is 0.679. The Hall–Kier alpha value is -2.54. The number of nitrogens with zero attached hydrogens (tertiary/aromatic N) is 3. The normalized spacial score (nSPS) is 10.0. The van der Waals surface area contributed by atoms with Crippen LogP contribution in [0, 0.1) is 0 Å². The van der Waals surface area contributed by atoms with Crippen molar-refractivity contribution in [2.45, 2.75) is 0 Å². The molecule has 0 spiro atoms. The molecule has 21 heavy (non-hydrogen) atoms. The van der Waals surface area contributed by atoms with E-state index in [9.17, 15) is 4.79 Å². The van der Waals surface area contributed by atoms with Crippen LogP contribution < -0.4 is 10.6 Å². The summed E-state index contributed by atoms with van der Waals surface area (Å²) < 4.78 is 4.63. The van der Waals surface area contributed by atoms with Crippen LogP contribution in [0.1, 0.15) is 16.1 Å². The standard InChI is InChI=1S/C14H14N4O2S/c1-18(10-5-3-4-9(6-10)13(15)21)12-8-16-7-11(17-12)14(19)20-2/h3-8H,1-2H3,(H2,15,21). The number of anilines is 2. The number of hydrogen-bond donors (Lipinski definition) is 1. The van der Waals surface area contributed by atoms with E-state index in [1.54, 1.807) is 11.1 Å². The molecule has 0 aliphatic heterocycles. The Morgan fingerprint density at radius 2 is 2.14 bits per heavy atom. The first-order valence-electron chi connectivity index (χ1n) is 6.07. The molecule has 2 N–H and O–H groups in total. The van der Waals surface area contributed by atoms with Gasteiger partial charge in [0.2, 0.25) is 0 Å². The highest BCUT2D eigenvalue weighted by atomic mass is 32.1. The molecule has 1 aromatic carbocycles. The summed E-state index contributed by atoms with van der Waals surface area (Å²) in [7, 11) is 3.11. The molecule has 0 aliphatic carbocycles. The molecule has 0 amide bonds. The van der Waals surface area contributed by atoms with Crippen molar-refractivity contribution in [1.29, 1.82) is 0 Å². The zero-order chi connectivity index (χ0) is 15.4. The number of benzene rings is 1. The van der Waals surface area contributed by atoms with Crippen LogP contribution in [0.25, 0.3) is 0 Å². The highest BCUT2D eigenvalue weighted by molar-refractivity contribution is 7.80. The van der Waals surface area contributed by atoms with Gasteiger partial charge >= 0.3 is 5.97 Å². The topological polar surface area (TPSA) is 81.3 Å². The number of hydrogen-bond acceptors (Lipinski definition) is 6. The second kappa shape index (κ2) is 6.27. The van der Waals surface area contributed by atoms with Crippen molar-refractivity contribution < 1.29 is 9.53 Å². The number of rotatable bonds is 4. The van der Waals surface area contributed by atoms with Gasteiger partial charge in [-0.25, -0.2) is 9.78 Å². The molecule has 0 bridgehead atoms. The molecule has 1 heterocycles. The first-order chi connectivity index (χ1) is 10.0. The maximum absolute atomic E-state index is 11.5. The van der Waals surface area contributed by atoms with Crippen LogP contribution in [0.3, 0.4) is 0 Å². The molecule has 1 aromatic heterocycles. The number of esters is 1. The van der Waals surface area contributed by atoms with Crippen molar-refractivity contribution >= 4 is 34.7 Å². The average molecular weight is 302 g/mol. The van der Waals surface area contributed by atoms with Crippen LogP contribution in [0.4, 0.5) is 11.5 Å². The molecule has 0 aliphatic rings. The minimum absolute atomic E-state index is 0.146. The molecule has 0 fully saturated rings. The molecule has 0 saturated carbocycles. The van der Waals surface area contributed by atoms with Gasteiger partial charge in [-0.1, -0.05) is 24.4 Å². The summed E-state index contributed by atoms with van der Waals surface area (Å²) in [6, 6.07) is 7.40. The van der Waals surface area contributed by atoms with E-state index < -0.39 is 5.97 Å². The molecule has 2 rings (SSSR count). The summed E-state index contributed by atoms with van der Waals surface area (Å²) in [6.07, 6.45) is 2.91. The lowest BCUT2D eigenvalue weighted by Gasteiger charge is -2.19. The van der Waals surface area contributed by atoms with Gasteiger partial charge in [0.05, 0.1) is 19.5 Å². The van der Waals surface area contributed by atoms with Crippen LogP contribution in [-0.4, -0.2) is 35.1 Å². The number of thiocarbonyl (C=S) groups is 1. The predicted octanol–water partition coefficient (Wildman–Crippen LogP) is 1.67. The van der Waals surface area contributed by atoms with Gasteiger partial charge in [0.1, 0.15) is 4.99 Å². The summed E-state index contributed by atoms with van der Waals surface area (Å²) >= 11 is 4.97. The second-order valence-corrected chi connectivity index (χ2v) is 4.67. The third-order valence-electron chi connectivity index (χ3n) is 2.88. The van der Waals surface area contributed by atoms with Gasteiger partial charge < -0.3 is 15.4 Å². The van der Waals surface area contributed by atoms with E-state index in [2.05, 4.69) is 14.7 Å². The molecule has 108 valence electrons. The Balaban J connectivity index is 2.35. The molecule has 6 nitrogen and oxygen atoms in total. The lowest BCUT2D eigenvalue weighted by Crippen LogP contribution is -2.16. The van der Waals surface area contributed by atoms with Gasteiger partial charge in [0.15, 0.2) is 11.5 Å². The smallest absolute Gasteiger partial charge is 0.358 e. The van der Waals surface area contributed by atoms with E-state index in [0.29, 0.717) is 10.8 Å².